The van der Waals surface area contributed by atoms with Gasteiger partial charge in [0.05, 0.1) is 44.3 Å². The maximum atomic E-state index is 15.2. The highest BCUT2D eigenvalue weighted by Gasteiger charge is 2.34. The summed E-state index contributed by atoms with van der Waals surface area (Å²) in [6, 6.07) is 25.8. The Morgan fingerprint density at radius 2 is 0.652 bits per heavy atom. The summed E-state index contributed by atoms with van der Waals surface area (Å²) in [5, 5.41) is 49.9. The van der Waals surface area contributed by atoms with Crippen molar-refractivity contribution >= 4 is 165 Å². The number of carbonyl (C=O) groups is 4. The highest BCUT2D eigenvalue weighted by atomic mass is 16.4. The maximum Gasteiger partial charge on any atom is 0.336 e. The summed E-state index contributed by atoms with van der Waals surface area (Å²) in [6.07, 6.45) is 0. The first-order valence-corrected chi connectivity index (χ1v) is 20.6. The lowest BCUT2D eigenvalue weighted by Gasteiger charge is -2.27. The van der Waals surface area contributed by atoms with E-state index in [0.29, 0.717) is 86.7 Å². The van der Waals surface area contributed by atoms with Crippen LogP contribution in [0, 0.1) is 0 Å². The lowest BCUT2D eigenvalue weighted by molar-refractivity contribution is 0.0684. The third-order valence-corrected chi connectivity index (χ3v) is 14.2. The predicted molar refractivity (Wildman–Crippen MR) is 250 cm³/mol. The summed E-state index contributed by atoms with van der Waals surface area (Å²) in [4.78, 5) is 94.2. The molecule has 15 rings (SSSR count). The van der Waals surface area contributed by atoms with Gasteiger partial charge in [-0.05, 0) is 116 Å². The van der Waals surface area contributed by atoms with Gasteiger partial charge in [0.2, 0.25) is 0 Å². The van der Waals surface area contributed by atoms with E-state index >= 15 is 9.59 Å². The molecule has 0 atom stereocenters. The lowest BCUT2D eigenvalue weighted by Crippen LogP contribution is -2.15. The van der Waals surface area contributed by atoms with Crippen molar-refractivity contribution < 1.29 is 39.6 Å². The van der Waals surface area contributed by atoms with E-state index in [0.717, 1.165) is 0 Å². The van der Waals surface area contributed by atoms with Gasteiger partial charge in [-0.2, -0.15) is 0 Å². The standard InChI is InChI=1S/C52H20N4O10/c57-47-27-15-23-35-19(51(63)64)11-12-20(52(65)66)36(35)24-16-28-38-26(46-54-30-6-2-4-8-32(30)56(46)48(28)58)14-22-34-18(50(61)62)10-9-17(49(59)60)33(34)21-13-25(45-53-29-5-1-3-7-31(29)55(45)47)37(27)43-39(21)40(22)44(38)42(24)41(23)43/h1-16H,(H,59,60)(H,61,62)(H,63,64)(H,65,66). The number of aromatic carboxylic acids is 4. The Hall–Kier alpha value is -9.56. The first kappa shape index (κ1) is 35.0. The summed E-state index contributed by atoms with van der Waals surface area (Å²) in [5.41, 5.74) is 0.579. The highest BCUT2D eigenvalue weighted by molar-refractivity contribution is 6.56. The quantitative estimate of drug-likeness (QED) is 0.0961. The van der Waals surface area contributed by atoms with Crippen LogP contribution in [-0.4, -0.2) is 63.1 Å². The van der Waals surface area contributed by atoms with E-state index in [1.54, 1.807) is 72.8 Å². The van der Waals surface area contributed by atoms with Crippen LogP contribution >= 0.6 is 0 Å². The molecule has 0 amide bonds. The van der Waals surface area contributed by atoms with Crippen molar-refractivity contribution in [1.29, 1.82) is 0 Å². The second-order valence-corrected chi connectivity index (χ2v) is 17.1. The van der Waals surface area contributed by atoms with E-state index in [2.05, 4.69) is 0 Å². The van der Waals surface area contributed by atoms with Gasteiger partial charge in [-0.1, -0.05) is 24.3 Å². The first-order valence-electron chi connectivity index (χ1n) is 20.6. The number of aromatic nitrogens is 4. The minimum absolute atomic E-state index is 0.0234. The molecule has 4 heterocycles. The van der Waals surface area contributed by atoms with E-state index in [4.69, 9.17) is 9.97 Å². The van der Waals surface area contributed by atoms with Gasteiger partial charge in [0.25, 0.3) is 11.1 Å². The van der Waals surface area contributed by atoms with Crippen LogP contribution in [0.2, 0.25) is 0 Å². The van der Waals surface area contributed by atoms with Crippen LogP contribution in [0.15, 0.2) is 107 Å². The van der Waals surface area contributed by atoms with E-state index in [1.807, 2.05) is 0 Å². The molecule has 0 aliphatic heterocycles. The topological polar surface area (TPSA) is 218 Å². The Kier molecular flexibility index (Phi) is 5.81. The fourth-order valence-electron chi connectivity index (χ4n) is 11.9. The van der Waals surface area contributed by atoms with Gasteiger partial charge in [0.15, 0.2) is 0 Å². The second-order valence-electron chi connectivity index (χ2n) is 17.1. The molecule has 66 heavy (non-hydrogen) atoms. The number of para-hydroxylation sites is 4. The molecule has 14 nitrogen and oxygen atoms in total. The van der Waals surface area contributed by atoms with Crippen molar-refractivity contribution in [3.63, 3.8) is 0 Å². The van der Waals surface area contributed by atoms with E-state index in [-0.39, 0.29) is 76.6 Å². The van der Waals surface area contributed by atoms with Crippen LogP contribution in [0.5, 0.6) is 0 Å². The highest BCUT2D eigenvalue weighted by Crippen LogP contribution is 2.57. The fraction of sp³-hybridized carbons (Fsp3) is 0. The third-order valence-electron chi connectivity index (χ3n) is 14.2. The van der Waals surface area contributed by atoms with Crippen LogP contribution in [0.1, 0.15) is 41.4 Å². The molecule has 308 valence electrons. The fourth-order valence-corrected chi connectivity index (χ4v) is 11.9. The Morgan fingerprint density at radius 1 is 0.348 bits per heavy atom. The molecule has 0 aliphatic rings. The summed E-state index contributed by atoms with van der Waals surface area (Å²) in [6.45, 7) is 0. The number of pyridine rings is 2. The van der Waals surface area contributed by atoms with Crippen molar-refractivity contribution in [2.45, 2.75) is 0 Å². The van der Waals surface area contributed by atoms with Crippen molar-refractivity contribution in [3.05, 3.63) is 140 Å². The summed E-state index contributed by atoms with van der Waals surface area (Å²) < 4.78 is 2.91. The Bertz CT molecular complexity index is 4720. The van der Waals surface area contributed by atoms with E-state index in [9.17, 15) is 39.6 Å². The number of carboxylic acid groups (broad SMARTS) is 4. The van der Waals surface area contributed by atoms with E-state index < -0.39 is 35.0 Å². The smallest absolute Gasteiger partial charge is 0.336 e. The molecule has 0 bridgehead atoms. The number of rotatable bonds is 4. The summed E-state index contributed by atoms with van der Waals surface area (Å²) in [7, 11) is 0. The average Bonchev–Trinajstić information content (AvgIpc) is 3.90. The van der Waals surface area contributed by atoms with Crippen molar-refractivity contribution in [1.82, 2.24) is 18.8 Å². The van der Waals surface area contributed by atoms with Gasteiger partial charge in [-0.25, -0.2) is 29.1 Å². The zero-order valence-corrected chi connectivity index (χ0v) is 33.3. The number of imidazole rings is 2. The monoisotopic (exact) mass is 860 g/mol. The molecule has 0 radical (unpaired) electrons. The molecule has 11 aromatic carbocycles. The Balaban J connectivity index is 1.42. The van der Waals surface area contributed by atoms with Gasteiger partial charge in [0, 0.05) is 64.6 Å². The normalized spacial score (nSPS) is 12.8. The minimum atomic E-state index is -1.37. The van der Waals surface area contributed by atoms with E-state index in [1.165, 1.54) is 33.1 Å². The molecular formula is C52H20N4O10. The first-order chi connectivity index (χ1) is 31.9. The number of fused-ring (bicyclic) bond motifs is 14. The number of hydrogen-bond donors (Lipinski definition) is 4. The molecule has 15 aromatic rings. The van der Waals surface area contributed by atoms with Crippen molar-refractivity contribution in [3.8, 4) is 0 Å². The van der Waals surface area contributed by atoms with Gasteiger partial charge in [0.1, 0.15) is 11.3 Å². The average molecular weight is 861 g/mol. The number of carboxylic acids is 4. The van der Waals surface area contributed by atoms with Gasteiger partial charge in [-0.15, -0.1) is 0 Å². The van der Waals surface area contributed by atoms with Gasteiger partial charge >= 0.3 is 23.9 Å². The van der Waals surface area contributed by atoms with Crippen LogP contribution in [-0.2, 0) is 0 Å². The van der Waals surface area contributed by atoms with Crippen LogP contribution in [0.3, 0.4) is 0 Å². The number of benzene rings is 11. The SMILES string of the molecule is O=C(O)c1ccc(C(=O)O)c2c3cc4c(=O)n5c6ccccc6nc5c5cc6c7c(C(=O)O)ccc(C(=O)O)c7c7cc8c9c(cc(c12)c1c3c(c45)c6c7c91)c(=O)n1c2ccccc2nc81. The van der Waals surface area contributed by atoms with Crippen molar-refractivity contribution in [2.75, 3.05) is 0 Å². The molecule has 4 N–H and O–H groups in total. The molecule has 4 aromatic heterocycles. The maximum absolute atomic E-state index is 15.2. The largest absolute Gasteiger partial charge is 0.478 e. The zero-order chi connectivity index (χ0) is 44.7. The number of nitrogens with zero attached hydrogens (tertiary/aromatic N) is 4. The Labute approximate surface area is 362 Å². The molecule has 0 aliphatic carbocycles. The van der Waals surface area contributed by atoms with Gasteiger partial charge in [-0.3, -0.25) is 18.4 Å². The molecule has 0 fully saturated rings. The molecule has 0 spiro atoms. The van der Waals surface area contributed by atoms with Crippen molar-refractivity contribution in [2.24, 2.45) is 0 Å². The predicted octanol–water partition coefficient (Wildman–Crippen LogP) is 9.52. The number of hydrogen-bond acceptors (Lipinski definition) is 8. The molecule has 0 saturated carbocycles. The Morgan fingerprint density at radius 3 is 0.970 bits per heavy atom. The molecule has 0 saturated heterocycles. The summed E-state index contributed by atoms with van der Waals surface area (Å²) in [5.74, 6) is -5.40. The molecular weight excluding hydrogens is 841 g/mol. The molecule has 0 unspecified atom stereocenters. The zero-order valence-electron chi connectivity index (χ0n) is 33.3. The third kappa shape index (κ3) is 3.65. The van der Waals surface area contributed by atoms with Crippen LogP contribution < -0.4 is 11.1 Å². The molecule has 14 heteroatoms. The minimum Gasteiger partial charge on any atom is -0.478 e. The second kappa shape index (κ2) is 11.0. The van der Waals surface area contributed by atoms with Gasteiger partial charge < -0.3 is 20.4 Å². The summed E-state index contributed by atoms with van der Waals surface area (Å²) >= 11 is 0. The lowest BCUT2D eigenvalue weighted by atomic mass is 9.75. The van der Waals surface area contributed by atoms with Crippen LogP contribution in [0.4, 0.5) is 0 Å². The van der Waals surface area contributed by atoms with Crippen LogP contribution in [0.25, 0.3) is 141 Å².